The Morgan fingerprint density at radius 1 is 1.44 bits per heavy atom. The number of nitrogens with one attached hydrogen (secondary N) is 1. The SMILES string of the molecule is CCc1nn(C)cc1C(CN)NCCCCCO. The van der Waals surface area contributed by atoms with Gasteiger partial charge in [-0.2, -0.15) is 5.10 Å². The Hall–Kier alpha value is -0.910. The van der Waals surface area contributed by atoms with Crippen molar-refractivity contribution in [1.29, 1.82) is 0 Å². The van der Waals surface area contributed by atoms with Gasteiger partial charge in [0, 0.05) is 38.0 Å². The third kappa shape index (κ3) is 4.40. The lowest BCUT2D eigenvalue weighted by molar-refractivity contribution is 0.282. The molecule has 104 valence electrons. The van der Waals surface area contributed by atoms with Crippen LogP contribution in [0.15, 0.2) is 6.20 Å². The van der Waals surface area contributed by atoms with Crippen molar-refractivity contribution in [2.24, 2.45) is 12.8 Å². The van der Waals surface area contributed by atoms with E-state index in [0.29, 0.717) is 6.54 Å². The Morgan fingerprint density at radius 3 is 2.83 bits per heavy atom. The minimum absolute atomic E-state index is 0.183. The van der Waals surface area contributed by atoms with Crippen molar-refractivity contribution in [2.45, 2.75) is 38.6 Å². The lowest BCUT2D eigenvalue weighted by Gasteiger charge is -2.16. The molecule has 0 aliphatic rings. The van der Waals surface area contributed by atoms with E-state index in [2.05, 4.69) is 23.5 Å². The molecule has 5 heteroatoms. The molecular weight excluding hydrogens is 228 g/mol. The summed E-state index contributed by atoms with van der Waals surface area (Å²) in [6.07, 6.45) is 5.98. The first-order valence-corrected chi connectivity index (χ1v) is 6.79. The molecule has 0 radical (unpaired) electrons. The van der Waals surface area contributed by atoms with Gasteiger partial charge in [-0.05, 0) is 32.2 Å². The van der Waals surface area contributed by atoms with Gasteiger partial charge in [-0.25, -0.2) is 0 Å². The van der Waals surface area contributed by atoms with Crippen LogP contribution in [0.5, 0.6) is 0 Å². The fourth-order valence-electron chi connectivity index (χ4n) is 2.13. The first kappa shape index (κ1) is 15.1. The molecule has 4 N–H and O–H groups in total. The first-order valence-electron chi connectivity index (χ1n) is 6.79. The second-order valence-corrected chi connectivity index (χ2v) is 4.59. The van der Waals surface area contributed by atoms with E-state index in [1.54, 1.807) is 0 Å². The highest BCUT2D eigenvalue weighted by molar-refractivity contribution is 5.21. The normalized spacial score (nSPS) is 12.9. The highest BCUT2D eigenvalue weighted by Gasteiger charge is 2.15. The van der Waals surface area contributed by atoms with Crippen LogP contribution < -0.4 is 11.1 Å². The number of aliphatic hydroxyl groups is 1. The number of aromatic nitrogens is 2. The van der Waals surface area contributed by atoms with Crippen molar-refractivity contribution in [3.05, 3.63) is 17.5 Å². The predicted molar refractivity (Wildman–Crippen MR) is 73.3 cm³/mol. The molecule has 1 rings (SSSR count). The molecule has 0 bridgehead atoms. The number of hydrogen-bond acceptors (Lipinski definition) is 4. The minimum Gasteiger partial charge on any atom is -0.396 e. The van der Waals surface area contributed by atoms with Crippen LogP contribution >= 0.6 is 0 Å². The summed E-state index contributed by atoms with van der Waals surface area (Å²) in [4.78, 5) is 0. The van der Waals surface area contributed by atoms with Gasteiger partial charge in [0.15, 0.2) is 0 Å². The van der Waals surface area contributed by atoms with E-state index in [-0.39, 0.29) is 12.6 Å². The quantitative estimate of drug-likeness (QED) is 0.568. The largest absolute Gasteiger partial charge is 0.396 e. The predicted octanol–water partition coefficient (Wildman–Crippen LogP) is 0.735. The smallest absolute Gasteiger partial charge is 0.0670 e. The molecule has 0 saturated carbocycles. The Kier molecular flexibility index (Phi) is 6.93. The third-order valence-electron chi connectivity index (χ3n) is 3.11. The van der Waals surface area contributed by atoms with Gasteiger partial charge in [-0.1, -0.05) is 6.92 Å². The average molecular weight is 254 g/mol. The van der Waals surface area contributed by atoms with Gasteiger partial charge in [-0.3, -0.25) is 4.68 Å². The van der Waals surface area contributed by atoms with Crippen molar-refractivity contribution in [2.75, 3.05) is 19.7 Å². The van der Waals surface area contributed by atoms with Gasteiger partial charge in [0.25, 0.3) is 0 Å². The van der Waals surface area contributed by atoms with Crippen LogP contribution in [0.3, 0.4) is 0 Å². The van der Waals surface area contributed by atoms with E-state index in [9.17, 15) is 0 Å². The van der Waals surface area contributed by atoms with E-state index in [0.717, 1.165) is 37.9 Å². The maximum atomic E-state index is 8.72. The molecule has 1 unspecified atom stereocenters. The number of unbranched alkanes of at least 4 members (excludes halogenated alkanes) is 2. The van der Waals surface area contributed by atoms with Crippen molar-refractivity contribution in [3.63, 3.8) is 0 Å². The molecule has 1 aromatic heterocycles. The van der Waals surface area contributed by atoms with Crippen molar-refractivity contribution in [3.8, 4) is 0 Å². The summed E-state index contributed by atoms with van der Waals surface area (Å²) in [5.74, 6) is 0. The zero-order valence-electron chi connectivity index (χ0n) is 11.5. The summed E-state index contributed by atoms with van der Waals surface area (Å²) < 4.78 is 1.85. The molecule has 0 fully saturated rings. The van der Waals surface area contributed by atoms with Gasteiger partial charge >= 0.3 is 0 Å². The molecule has 1 heterocycles. The Balaban J connectivity index is 2.49. The molecule has 1 aromatic rings. The topological polar surface area (TPSA) is 76.1 Å². The van der Waals surface area contributed by atoms with Gasteiger partial charge in [0.2, 0.25) is 0 Å². The van der Waals surface area contributed by atoms with E-state index in [4.69, 9.17) is 10.8 Å². The average Bonchev–Trinajstić information content (AvgIpc) is 2.75. The number of hydrogen-bond donors (Lipinski definition) is 3. The van der Waals surface area contributed by atoms with Crippen LogP contribution in [0.25, 0.3) is 0 Å². The highest BCUT2D eigenvalue weighted by Crippen LogP contribution is 2.16. The van der Waals surface area contributed by atoms with Crippen LogP contribution in [0.2, 0.25) is 0 Å². The van der Waals surface area contributed by atoms with Crippen LogP contribution in [0.1, 0.15) is 43.5 Å². The van der Waals surface area contributed by atoms with Crippen LogP contribution in [-0.4, -0.2) is 34.6 Å². The molecule has 0 aliphatic heterocycles. The Bertz CT molecular complexity index is 338. The van der Waals surface area contributed by atoms with Gasteiger partial charge in [0.05, 0.1) is 5.69 Å². The number of rotatable bonds is 9. The van der Waals surface area contributed by atoms with E-state index >= 15 is 0 Å². The number of nitrogens with two attached hydrogens (primary N) is 1. The van der Waals surface area contributed by atoms with Crippen LogP contribution in [0.4, 0.5) is 0 Å². The van der Waals surface area contributed by atoms with Gasteiger partial charge in [-0.15, -0.1) is 0 Å². The molecule has 0 spiro atoms. The fraction of sp³-hybridized carbons (Fsp3) is 0.769. The van der Waals surface area contributed by atoms with Crippen LogP contribution in [-0.2, 0) is 13.5 Å². The van der Waals surface area contributed by atoms with E-state index < -0.39 is 0 Å². The van der Waals surface area contributed by atoms with Crippen molar-refractivity contribution in [1.82, 2.24) is 15.1 Å². The number of aliphatic hydroxyl groups excluding tert-OH is 1. The zero-order chi connectivity index (χ0) is 13.4. The van der Waals surface area contributed by atoms with Crippen LogP contribution in [0, 0.1) is 0 Å². The van der Waals surface area contributed by atoms with Crippen molar-refractivity contribution >= 4 is 0 Å². The summed E-state index contributed by atoms with van der Waals surface area (Å²) in [7, 11) is 1.94. The van der Waals surface area contributed by atoms with E-state index in [1.807, 2.05) is 11.7 Å². The number of aryl methyl sites for hydroxylation is 2. The molecule has 0 saturated heterocycles. The Morgan fingerprint density at radius 2 is 2.22 bits per heavy atom. The fourth-order valence-corrected chi connectivity index (χ4v) is 2.13. The second kappa shape index (κ2) is 8.24. The summed E-state index contributed by atoms with van der Waals surface area (Å²) >= 11 is 0. The zero-order valence-corrected chi connectivity index (χ0v) is 11.5. The van der Waals surface area contributed by atoms with Gasteiger partial charge < -0.3 is 16.2 Å². The second-order valence-electron chi connectivity index (χ2n) is 4.59. The summed E-state index contributed by atoms with van der Waals surface area (Å²) in [5, 5.41) is 16.6. The molecule has 0 amide bonds. The molecule has 0 aliphatic carbocycles. The highest BCUT2D eigenvalue weighted by atomic mass is 16.2. The third-order valence-corrected chi connectivity index (χ3v) is 3.11. The first-order chi connectivity index (χ1) is 8.72. The maximum absolute atomic E-state index is 8.72. The molecule has 1 atom stereocenters. The summed E-state index contributed by atoms with van der Waals surface area (Å²) in [6, 6.07) is 0.183. The summed E-state index contributed by atoms with van der Waals surface area (Å²) in [5.41, 5.74) is 8.17. The standard InChI is InChI=1S/C13H26N4O/c1-3-12-11(10-17(2)16-12)13(9-14)15-7-5-4-6-8-18/h10,13,15,18H,3-9,14H2,1-2H3. The molecule has 5 nitrogen and oxygen atoms in total. The lowest BCUT2D eigenvalue weighted by Crippen LogP contribution is -2.29. The Labute approximate surface area is 109 Å². The maximum Gasteiger partial charge on any atom is 0.0670 e. The lowest BCUT2D eigenvalue weighted by atomic mass is 10.1. The molecule has 0 aromatic carbocycles. The van der Waals surface area contributed by atoms with Crippen molar-refractivity contribution < 1.29 is 5.11 Å². The van der Waals surface area contributed by atoms with Gasteiger partial charge in [0.1, 0.15) is 0 Å². The summed E-state index contributed by atoms with van der Waals surface area (Å²) in [6.45, 7) is 3.90. The minimum atomic E-state index is 0.183. The monoisotopic (exact) mass is 254 g/mol. The molecular formula is C13H26N4O. The number of nitrogens with zero attached hydrogens (tertiary/aromatic N) is 2. The molecule has 18 heavy (non-hydrogen) atoms. The van der Waals surface area contributed by atoms with E-state index in [1.165, 1.54) is 5.56 Å².